The van der Waals surface area contributed by atoms with Crippen molar-refractivity contribution in [1.82, 2.24) is 0 Å². The maximum Gasteiger partial charge on any atom is 0.335 e. The van der Waals surface area contributed by atoms with Gasteiger partial charge in [-0.15, -0.1) is 0 Å². The van der Waals surface area contributed by atoms with Gasteiger partial charge in [0.25, 0.3) is 0 Å². The minimum atomic E-state index is -0.927. The predicted molar refractivity (Wildman–Crippen MR) is 78.4 cm³/mol. The van der Waals surface area contributed by atoms with E-state index >= 15 is 0 Å². The molecule has 0 amide bonds. The van der Waals surface area contributed by atoms with Crippen LogP contribution in [0.5, 0.6) is 0 Å². The first kappa shape index (κ1) is 13.6. The van der Waals surface area contributed by atoms with Crippen molar-refractivity contribution in [2.75, 3.05) is 0 Å². The summed E-state index contributed by atoms with van der Waals surface area (Å²) >= 11 is 0. The summed E-state index contributed by atoms with van der Waals surface area (Å²) in [5, 5.41) is 8.85. The molecule has 0 atom stereocenters. The first-order valence-electron chi connectivity index (χ1n) is 6.04. The zero-order chi connectivity index (χ0) is 14.5. The number of nitrogens with two attached hydrogens (primary N) is 2. The highest BCUT2D eigenvalue weighted by atomic mass is 16.4. The molecule has 2 rings (SSSR count). The van der Waals surface area contributed by atoms with Gasteiger partial charge in [-0.3, -0.25) is 0 Å². The van der Waals surface area contributed by atoms with Crippen molar-refractivity contribution in [3.05, 3.63) is 59.7 Å². The van der Waals surface area contributed by atoms with Crippen LogP contribution < -0.4 is 11.5 Å². The molecule has 0 aliphatic carbocycles. The van der Waals surface area contributed by atoms with Gasteiger partial charge in [-0.1, -0.05) is 36.4 Å². The highest BCUT2D eigenvalue weighted by Crippen LogP contribution is 2.20. The van der Waals surface area contributed by atoms with Crippen LogP contribution in [0, 0.1) is 0 Å². The number of carboxylic acid groups (broad SMARTS) is 1. The van der Waals surface area contributed by atoms with Gasteiger partial charge < -0.3 is 16.6 Å². The van der Waals surface area contributed by atoms with Crippen LogP contribution in [0.3, 0.4) is 0 Å². The van der Waals surface area contributed by atoms with E-state index < -0.39 is 5.97 Å². The number of hydrogen-bond acceptors (Lipinski definition) is 2. The van der Waals surface area contributed by atoms with E-state index in [1.165, 1.54) is 0 Å². The molecule has 102 valence electrons. The van der Waals surface area contributed by atoms with Gasteiger partial charge in [-0.25, -0.2) is 9.79 Å². The van der Waals surface area contributed by atoms with E-state index in [4.69, 9.17) is 16.6 Å². The molecule has 0 aliphatic rings. The van der Waals surface area contributed by atoms with Crippen molar-refractivity contribution in [2.24, 2.45) is 16.5 Å². The van der Waals surface area contributed by atoms with Gasteiger partial charge in [0.05, 0.1) is 12.1 Å². The molecule has 2 aromatic rings. The lowest BCUT2D eigenvalue weighted by molar-refractivity contribution is 0.0697. The fourth-order valence-electron chi connectivity index (χ4n) is 1.79. The third kappa shape index (κ3) is 3.35. The van der Waals surface area contributed by atoms with Gasteiger partial charge in [0, 0.05) is 0 Å². The van der Waals surface area contributed by atoms with Crippen LogP contribution in [0.2, 0.25) is 0 Å². The zero-order valence-corrected chi connectivity index (χ0v) is 10.8. The van der Waals surface area contributed by atoms with E-state index in [0.717, 1.165) is 16.7 Å². The SMILES string of the molecule is NC(N)=NCc1ccc(-c2ccc(C(=O)O)cc2)cc1. The topological polar surface area (TPSA) is 102 Å². The van der Waals surface area contributed by atoms with E-state index in [-0.39, 0.29) is 11.5 Å². The van der Waals surface area contributed by atoms with Crippen molar-refractivity contribution in [3.63, 3.8) is 0 Å². The second-order valence-corrected chi connectivity index (χ2v) is 4.32. The van der Waals surface area contributed by atoms with Crippen LogP contribution >= 0.6 is 0 Å². The highest BCUT2D eigenvalue weighted by molar-refractivity contribution is 5.88. The van der Waals surface area contributed by atoms with Gasteiger partial charge >= 0.3 is 5.97 Å². The van der Waals surface area contributed by atoms with Crippen LogP contribution in [0.15, 0.2) is 53.5 Å². The van der Waals surface area contributed by atoms with Gasteiger partial charge in [-0.05, 0) is 28.8 Å². The van der Waals surface area contributed by atoms with E-state index in [0.29, 0.717) is 6.54 Å². The van der Waals surface area contributed by atoms with Crippen molar-refractivity contribution in [1.29, 1.82) is 0 Å². The number of carbonyl (C=O) groups is 1. The fraction of sp³-hybridized carbons (Fsp3) is 0.0667. The first-order chi connectivity index (χ1) is 9.56. The Hall–Kier alpha value is -2.82. The molecule has 5 N–H and O–H groups in total. The van der Waals surface area contributed by atoms with Crippen LogP contribution in [0.4, 0.5) is 0 Å². The summed E-state index contributed by atoms with van der Waals surface area (Å²) in [4.78, 5) is 14.7. The fourth-order valence-corrected chi connectivity index (χ4v) is 1.79. The van der Waals surface area contributed by atoms with Crippen LogP contribution in [0.1, 0.15) is 15.9 Å². The average molecular weight is 269 g/mol. The quantitative estimate of drug-likeness (QED) is 0.582. The molecule has 5 nitrogen and oxygen atoms in total. The summed E-state index contributed by atoms with van der Waals surface area (Å²) < 4.78 is 0. The van der Waals surface area contributed by atoms with Gasteiger partial charge in [-0.2, -0.15) is 0 Å². The number of nitrogens with zero attached hydrogens (tertiary/aromatic N) is 1. The Bertz CT molecular complexity index is 627. The zero-order valence-electron chi connectivity index (χ0n) is 10.8. The number of guanidine groups is 1. The molecule has 5 heteroatoms. The van der Waals surface area contributed by atoms with Crippen LogP contribution in [0.25, 0.3) is 11.1 Å². The minimum absolute atomic E-state index is 0.0679. The molecular weight excluding hydrogens is 254 g/mol. The molecule has 0 saturated heterocycles. The number of aliphatic imine (C=N–C) groups is 1. The Labute approximate surface area is 116 Å². The Kier molecular flexibility index (Phi) is 4.00. The Morgan fingerprint density at radius 2 is 1.45 bits per heavy atom. The molecule has 0 saturated carbocycles. The molecule has 0 unspecified atom stereocenters. The maximum atomic E-state index is 10.8. The molecule has 0 heterocycles. The molecule has 2 aromatic carbocycles. The van der Waals surface area contributed by atoms with E-state index in [9.17, 15) is 4.79 Å². The molecule has 0 bridgehead atoms. The standard InChI is InChI=1S/C15H15N3O2/c16-15(17)18-9-10-1-3-11(4-2-10)12-5-7-13(8-6-12)14(19)20/h1-8H,9H2,(H,19,20)(H4,16,17,18). The van der Waals surface area contributed by atoms with Crippen molar-refractivity contribution in [2.45, 2.75) is 6.54 Å². The smallest absolute Gasteiger partial charge is 0.335 e. The molecular formula is C15H15N3O2. The lowest BCUT2D eigenvalue weighted by Crippen LogP contribution is -2.22. The normalized spacial score (nSPS) is 10.0. The third-order valence-electron chi connectivity index (χ3n) is 2.86. The molecule has 0 aliphatic heterocycles. The van der Waals surface area contributed by atoms with Gasteiger partial charge in [0.1, 0.15) is 0 Å². The minimum Gasteiger partial charge on any atom is -0.478 e. The van der Waals surface area contributed by atoms with E-state index in [2.05, 4.69) is 4.99 Å². The number of carboxylic acids is 1. The third-order valence-corrected chi connectivity index (χ3v) is 2.86. The Morgan fingerprint density at radius 1 is 0.950 bits per heavy atom. The summed E-state index contributed by atoms with van der Waals surface area (Å²) in [5.74, 6) is -0.859. The highest BCUT2D eigenvalue weighted by Gasteiger charge is 2.03. The van der Waals surface area contributed by atoms with Gasteiger partial charge in [0.2, 0.25) is 0 Å². The predicted octanol–water partition coefficient (Wildman–Crippen LogP) is 1.83. The van der Waals surface area contributed by atoms with Crippen LogP contribution in [-0.2, 0) is 6.54 Å². The van der Waals surface area contributed by atoms with Gasteiger partial charge in [0.15, 0.2) is 5.96 Å². The largest absolute Gasteiger partial charge is 0.478 e. The van der Waals surface area contributed by atoms with Crippen molar-refractivity contribution in [3.8, 4) is 11.1 Å². The summed E-state index contributed by atoms with van der Waals surface area (Å²) in [6.07, 6.45) is 0. The second-order valence-electron chi connectivity index (χ2n) is 4.32. The van der Waals surface area contributed by atoms with E-state index in [1.807, 2.05) is 24.3 Å². The second kappa shape index (κ2) is 5.88. The number of hydrogen-bond donors (Lipinski definition) is 3. The monoisotopic (exact) mass is 269 g/mol. The lowest BCUT2D eigenvalue weighted by Gasteiger charge is -2.04. The maximum absolute atomic E-state index is 10.8. The lowest BCUT2D eigenvalue weighted by atomic mass is 10.0. The summed E-state index contributed by atoms with van der Waals surface area (Å²) in [7, 11) is 0. The number of aromatic carboxylic acids is 1. The summed E-state index contributed by atoms with van der Waals surface area (Å²) in [6.45, 7) is 0.445. The molecule has 0 aromatic heterocycles. The molecule has 0 spiro atoms. The average Bonchev–Trinajstić information content (AvgIpc) is 2.46. The number of benzene rings is 2. The number of rotatable bonds is 4. The molecule has 0 fully saturated rings. The molecule has 0 radical (unpaired) electrons. The summed E-state index contributed by atoms with van der Waals surface area (Å²) in [6, 6.07) is 14.5. The van der Waals surface area contributed by atoms with Crippen LogP contribution in [-0.4, -0.2) is 17.0 Å². The van der Waals surface area contributed by atoms with Crippen molar-refractivity contribution < 1.29 is 9.90 Å². The van der Waals surface area contributed by atoms with Crippen molar-refractivity contribution >= 4 is 11.9 Å². The summed E-state index contributed by atoms with van der Waals surface area (Å²) in [5.41, 5.74) is 13.8. The first-order valence-corrected chi connectivity index (χ1v) is 6.04. The Balaban J connectivity index is 2.17. The molecule has 20 heavy (non-hydrogen) atoms. The van der Waals surface area contributed by atoms with E-state index in [1.54, 1.807) is 24.3 Å². The Morgan fingerprint density at radius 3 is 1.90 bits per heavy atom.